The van der Waals surface area contributed by atoms with Crippen LogP contribution in [0.15, 0.2) is 22.9 Å². The number of rotatable bonds is 3. The molecule has 1 amide bonds. The number of carboxylic acids is 1. The minimum atomic E-state index is -0.887. The molecule has 132 valence electrons. The molecular weight excluding hydrogens is 340 g/mol. The average Bonchev–Trinajstić information content (AvgIpc) is 3.31. The molecule has 2 fully saturated rings. The zero-order chi connectivity index (χ0) is 17.4. The maximum atomic E-state index is 12.9. The summed E-state index contributed by atoms with van der Waals surface area (Å²) in [4.78, 5) is 26.5. The number of H-pyrrole nitrogens is 1. The Morgan fingerprint density at radius 1 is 1.44 bits per heavy atom. The number of piperidine rings is 2. The fourth-order valence-electron chi connectivity index (χ4n) is 3.98. The van der Waals surface area contributed by atoms with Gasteiger partial charge < -0.3 is 15.3 Å². The van der Waals surface area contributed by atoms with Crippen molar-refractivity contribution in [3.8, 4) is 11.3 Å². The molecule has 0 aromatic carbocycles. The number of nitrogens with zero attached hydrogens (tertiary/aromatic N) is 2. The molecule has 2 atom stereocenters. The molecule has 0 bridgehead atoms. The van der Waals surface area contributed by atoms with Gasteiger partial charge in [0.25, 0.3) is 5.91 Å². The molecule has 2 saturated heterocycles. The molecule has 0 unspecified atom stereocenters. The number of carboxylic acid groups (broad SMARTS) is 1. The molecule has 4 heterocycles. The van der Waals surface area contributed by atoms with Crippen molar-refractivity contribution in [3.63, 3.8) is 0 Å². The van der Waals surface area contributed by atoms with Crippen LogP contribution < -0.4 is 5.32 Å². The number of amides is 1. The van der Waals surface area contributed by atoms with E-state index in [1.165, 1.54) is 0 Å². The van der Waals surface area contributed by atoms with Crippen LogP contribution in [0, 0.1) is 5.41 Å². The topological polar surface area (TPSA) is 98.3 Å². The SMILES string of the molecule is O=C(c1cc(-c2ccsc2)n[nH]1)N1CC[C@H]2NCCC[C@]2(C(=O)O)C1. The normalized spacial score (nSPS) is 26.2. The van der Waals surface area contributed by atoms with Crippen LogP contribution in [-0.4, -0.2) is 57.8 Å². The fraction of sp³-hybridized carbons (Fsp3) is 0.471. The van der Waals surface area contributed by atoms with E-state index in [1.807, 2.05) is 16.8 Å². The van der Waals surface area contributed by atoms with Gasteiger partial charge in [0, 0.05) is 30.1 Å². The Morgan fingerprint density at radius 2 is 2.32 bits per heavy atom. The van der Waals surface area contributed by atoms with Gasteiger partial charge in [-0.25, -0.2) is 0 Å². The maximum absolute atomic E-state index is 12.9. The number of nitrogens with one attached hydrogen (secondary N) is 2. The Hall–Kier alpha value is -2.19. The second kappa shape index (κ2) is 6.27. The number of aromatic nitrogens is 2. The van der Waals surface area contributed by atoms with E-state index in [9.17, 15) is 14.7 Å². The number of hydrogen-bond donors (Lipinski definition) is 3. The molecule has 2 aromatic rings. The number of likely N-dealkylation sites (tertiary alicyclic amines) is 1. The van der Waals surface area contributed by atoms with E-state index < -0.39 is 11.4 Å². The van der Waals surface area contributed by atoms with Crippen LogP contribution >= 0.6 is 11.3 Å². The lowest BCUT2D eigenvalue weighted by Crippen LogP contribution is -2.63. The number of carbonyl (C=O) groups is 2. The summed E-state index contributed by atoms with van der Waals surface area (Å²) in [6, 6.07) is 3.63. The van der Waals surface area contributed by atoms with Gasteiger partial charge in [-0.3, -0.25) is 14.7 Å². The van der Waals surface area contributed by atoms with Gasteiger partial charge in [-0.1, -0.05) is 0 Å². The number of carbonyl (C=O) groups excluding carboxylic acids is 1. The third-order valence-corrected chi connectivity index (χ3v) is 6.04. The highest BCUT2D eigenvalue weighted by Crippen LogP contribution is 2.38. The molecule has 8 heteroatoms. The molecule has 3 N–H and O–H groups in total. The Kier molecular flexibility index (Phi) is 4.09. The average molecular weight is 360 g/mol. The predicted molar refractivity (Wildman–Crippen MR) is 93.5 cm³/mol. The fourth-order valence-corrected chi connectivity index (χ4v) is 4.63. The maximum Gasteiger partial charge on any atom is 0.313 e. The van der Waals surface area contributed by atoms with E-state index in [2.05, 4.69) is 15.5 Å². The van der Waals surface area contributed by atoms with Crippen LogP contribution in [0.2, 0.25) is 0 Å². The number of fused-ring (bicyclic) bond motifs is 1. The molecule has 4 rings (SSSR count). The summed E-state index contributed by atoms with van der Waals surface area (Å²) >= 11 is 1.57. The number of hydrogen-bond acceptors (Lipinski definition) is 5. The number of aliphatic carboxylic acids is 1. The highest BCUT2D eigenvalue weighted by Gasteiger charge is 2.51. The number of aromatic amines is 1. The van der Waals surface area contributed by atoms with Crippen LogP contribution in [0.1, 0.15) is 29.8 Å². The smallest absolute Gasteiger partial charge is 0.313 e. The second-order valence-electron chi connectivity index (χ2n) is 6.77. The Labute approximate surface area is 149 Å². The van der Waals surface area contributed by atoms with E-state index in [1.54, 1.807) is 22.3 Å². The zero-order valence-electron chi connectivity index (χ0n) is 13.7. The van der Waals surface area contributed by atoms with Crippen molar-refractivity contribution in [2.24, 2.45) is 5.41 Å². The molecule has 0 aliphatic carbocycles. The van der Waals surface area contributed by atoms with Crippen molar-refractivity contribution in [1.82, 2.24) is 20.4 Å². The molecule has 7 nitrogen and oxygen atoms in total. The Morgan fingerprint density at radius 3 is 3.08 bits per heavy atom. The first-order chi connectivity index (χ1) is 12.1. The lowest BCUT2D eigenvalue weighted by Gasteiger charge is -2.48. The van der Waals surface area contributed by atoms with E-state index in [4.69, 9.17) is 0 Å². The highest BCUT2D eigenvalue weighted by atomic mass is 32.1. The van der Waals surface area contributed by atoms with E-state index in [0.29, 0.717) is 25.1 Å². The lowest BCUT2D eigenvalue weighted by atomic mass is 9.70. The third-order valence-electron chi connectivity index (χ3n) is 5.36. The van der Waals surface area contributed by atoms with E-state index in [-0.39, 0.29) is 18.5 Å². The molecule has 0 spiro atoms. The lowest BCUT2D eigenvalue weighted by molar-refractivity contribution is -0.156. The van der Waals surface area contributed by atoms with Gasteiger partial charge in [0.05, 0.1) is 5.69 Å². The van der Waals surface area contributed by atoms with Gasteiger partial charge in [0.2, 0.25) is 0 Å². The monoisotopic (exact) mass is 360 g/mol. The Balaban J connectivity index is 1.56. The van der Waals surface area contributed by atoms with Gasteiger partial charge >= 0.3 is 5.97 Å². The van der Waals surface area contributed by atoms with Crippen LogP contribution in [-0.2, 0) is 4.79 Å². The molecule has 0 saturated carbocycles. The van der Waals surface area contributed by atoms with Crippen molar-refractivity contribution >= 4 is 23.2 Å². The molecule has 25 heavy (non-hydrogen) atoms. The molecule has 0 radical (unpaired) electrons. The Bertz CT molecular complexity index is 788. The van der Waals surface area contributed by atoms with E-state index >= 15 is 0 Å². The van der Waals surface area contributed by atoms with Crippen molar-refractivity contribution < 1.29 is 14.7 Å². The summed E-state index contributed by atoms with van der Waals surface area (Å²) in [5.74, 6) is -0.996. The van der Waals surface area contributed by atoms with Crippen molar-refractivity contribution in [3.05, 3.63) is 28.6 Å². The highest BCUT2D eigenvalue weighted by molar-refractivity contribution is 7.08. The minimum Gasteiger partial charge on any atom is -0.481 e. The summed E-state index contributed by atoms with van der Waals surface area (Å²) in [6.45, 7) is 1.64. The first kappa shape index (κ1) is 16.3. The third kappa shape index (κ3) is 2.75. The van der Waals surface area contributed by atoms with Gasteiger partial charge in [-0.05, 0) is 43.3 Å². The van der Waals surface area contributed by atoms with Crippen LogP contribution in [0.3, 0.4) is 0 Å². The van der Waals surface area contributed by atoms with Crippen molar-refractivity contribution in [2.75, 3.05) is 19.6 Å². The van der Waals surface area contributed by atoms with Gasteiger partial charge in [-0.15, -0.1) is 0 Å². The van der Waals surface area contributed by atoms with Gasteiger partial charge in [0.1, 0.15) is 11.1 Å². The standard InChI is InChI=1S/C17H20N4O3S/c22-15(13-8-12(19-20-13)11-3-7-25-9-11)21-6-2-14-17(10-21,16(23)24)4-1-5-18-14/h3,7-9,14,18H,1-2,4-6,10H2,(H,19,20)(H,23,24)/t14-,17+/m1/s1. The summed E-state index contributed by atoms with van der Waals surface area (Å²) in [7, 11) is 0. The van der Waals surface area contributed by atoms with Crippen molar-refractivity contribution in [2.45, 2.75) is 25.3 Å². The zero-order valence-corrected chi connectivity index (χ0v) is 14.5. The van der Waals surface area contributed by atoms with Gasteiger partial charge in [-0.2, -0.15) is 16.4 Å². The molecular formula is C17H20N4O3S. The largest absolute Gasteiger partial charge is 0.481 e. The van der Waals surface area contributed by atoms with Crippen LogP contribution in [0.5, 0.6) is 0 Å². The minimum absolute atomic E-state index is 0.0639. The summed E-state index contributed by atoms with van der Waals surface area (Å²) in [5, 5.41) is 24.1. The van der Waals surface area contributed by atoms with Crippen molar-refractivity contribution in [1.29, 1.82) is 0 Å². The second-order valence-corrected chi connectivity index (χ2v) is 7.55. The molecule has 2 aliphatic rings. The predicted octanol–water partition coefficient (Wildman–Crippen LogP) is 1.81. The molecule has 2 aromatic heterocycles. The number of thiophene rings is 1. The first-order valence-electron chi connectivity index (χ1n) is 8.44. The molecule has 2 aliphatic heterocycles. The summed E-state index contributed by atoms with van der Waals surface area (Å²) in [6.07, 6.45) is 2.08. The summed E-state index contributed by atoms with van der Waals surface area (Å²) < 4.78 is 0. The summed E-state index contributed by atoms with van der Waals surface area (Å²) in [5.41, 5.74) is 1.22. The van der Waals surface area contributed by atoms with Crippen LogP contribution in [0.25, 0.3) is 11.3 Å². The van der Waals surface area contributed by atoms with Crippen LogP contribution in [0.4, 0.5) is 0 Å². The van der Waals surface area contributed by atoms with E-state index in [0.717, 1.165) is 24.2 Å². The quantitative estimate of drug-likeness (QED) is 0.775. The van der Waals surface area contributed by atoms with Gasteiger partial charge in [0.15, 0.2) is 0 Å². The first-order valence-corrected chi connectivity index (χ1v) is 9.38.